The molecule has 15 nitrogen and oxygen atoms in total. The summed E-state index contributed by atoms with van der Waals surface area (Å²) < 4.78 is 0. The van der Waals surface area contributed by atoms with Crippen LogP contribution in [0.5, 0.6) is 5.75 Å². The molecule has 0 aliphatic rings. The number of aliphatic carboxylic acids is 1. The molecule has 4 unspecified atom stereocenters. The van der Waals surface area contributed by atoms with Gasteiger partial charge in [-0.1, -0.05) is 30.3 Å². The molecule has 4 atom stereocenters. The number of rotatable bonds is 15. The van der Waals surface area contributed by atoms with Gasteiger partial charge in [-0.3, -0.25) is 24.0 Å². The van der Waals surface area contributed by atoms with Crippen molar-refractivity contribution < 1.29 is 39.0 Å². The molecular weight excluding hydrogens is 562 g/mol. The van der Waals surface area contributed by atoms with E-state index in [0.29, 0.717) is 11.1 Å². The number of hydrogen-bond acceptors (Lipinski definition) is 8. The van der Waals surface area contributed by atoms with Crippen molar-refractivity contribution in [3.63, 3.8) is 0 Å². The zero-order valence-corrected chi connectivity index (χ0v) is 22.9. The molecule has 3 rings (SSSR count). The second-order valence-electron chi connectivity index (χ2n) is 9.90. The summed E-state index contributed by atoms with van der Waals surface area (Å²) in [5.74, 6) is -5.99. The van der Waals surface area contributed by atoms with Gasteiger partial charge in [0.05, 0.1) is 18.9 Å². The molecule has 12 N–H and O–H groups in total. The number of primary amides is 2. The average Bonchev–Trinajstić information content (AvgIpc) is 3.35. The van der Waals surface area contributed by atoms with E-state index < -0.39 is 72.5 Å². The van der Waals surface area contributed by atoms with E-state index >= 15 is 0 Å². The van der Waals surface area contributed by atoms with Gasteiger partial charge in [0, 0.05) is 29.9 Å². The van der Waals surface area contributed by atoms with Gasteiger partial charge < -0.3 is 48.3 Å². The van der Waals surface area contributed by atoms with Crippen molar-refractivity contribution in [1.29, 1.82) is 0 Å². The van der Waals surface area contributed by atoms with E-state index in [1.165, 1.54) is 24.3 Å². The van der Waals surface area contributed by atoms with Gasteiger partial charge in [0.15, 0.2) is 0 Å². The fraction of sp³-hybridized carbons (Fsp3) is 0.286. The molecule has 15 heteroatoms. The van der Waals surface area contributed by atoms with Crippen molar-refractivity contribution in [1.82, 2.24) is 20.9 Å². The maximum absolute atomic E-state index is 13.5. The Morgan fingerprint density at radius 2 is 1.33 bits per heavy atom. The zero-order valence-electron chi connectivity index (χ0n) is 22.9. The Labute approximate surface area is 245 Å². The maximum atomic E-state index is 13.5. The number of hydrogen-bond donors (Lipinski definition) is 9. The van der Waals surface area contributed by atoms with Crippen LogP contribution in [0, 0.1) is 0 Å². The van der Waals surface area contributed by atoms with E-state index in [1.807, 2.05) is 0 Å². The smallest absolute Gasteiger partial charge is 0.326 e. The minimum Gasteiger partial charge on any atom is -0.508 e. The first kappa shape index (κ1) is 32.1. The zero-order chi connectivity index (χ0) is 31.7. The molecule has 0 radical (unpaired) electrons. The Kier molecular flexibility index (Phi) is 10.8. The van der Waals surface area contributed by atoms with Gasteiger partial charge in [0.25, 0.3) is 0 Å². The van der Waals surface area contributed by atoms with Gasteiger partial charge >= 0.3 is 5.97 Å². The van der Waals surface area contributed by atoms with Gasteiger partial charge in [-0.25, -0.2) is 4.79 Å². The highest BCUT2D eigenvalue weighted by molar-refractivity contribution is 5.97. The number of nitrogens with one attached hydrogen (secondary N) is 4. The van der Waals surface area contributed by atoms with Crippen LogP contribution >= 0.6 is 0 Å². The summed E-state index contributed by atoms with van der Waals surface area (Å²) in [5, 5.41) is 27.2. The maximum Gasteiger partial charge on any atom is 0.326 e. The van der Waals surface area contributed by atoms with Crippen LogP contribution in [-0.4, -0.2) is 74.9 Å². The molecule has 0 bridgehead atoms. The highest BCUT2D eigenvalue weighted by Gasteiger charge is 2.32. The second-order valence-corrected chi connectivity index (χ2v) is 9.90. The molecule has 0 spiro atoms. The van der Waals surface area contributed by atoms with Crippen LogP contribution in [0.3, 0.4) is 0 Å². The number of aromatic amines is 1. The second kappa shape index (κ2) is 14.5. The Morgan fingerprint density at radius 3 is 1.95 bits per heavy atom. The third kappa shape index (κ3) is 9.29. The van der Waals surface area contributed by atoms with E-state index in [0.717, 1.165) is 10.9 Å². The third-order valence-electron chi connectivity index (χ3n) is 6.52. The standard InChI is InChI=1S/C28H33N7O8/c29-18(11-23(30)37)25(39)33-21(12-24(31)38)27(41)34-20(10-15-13-32-19-4-2-1-3-17(15)19)26(40)35-22(28(42)43)9-14-5-7-16(36)8-6-14/h1-8,13,18,20-22,32,36H,9-12,29H2,(H2,30,37)(H2,31,38)(H,33,39)(H,34,41)(H,35,40)(H,42,43). The summed E-state index contributed by atoms with van der Waals surface area (Å²) in [5.41, 5.74) is 17.9. The van der Waals surface area contributed by atoms with Crippen LogP contribution in [-0.2, 0) is 41.6 Å². The Morgan fingerprint density at radius 1 is 0.744 bits per heavy atom. The summed E-state index contributed by atoms with van der Waals surface area (Å²) in [6.07, 6.45) is 0.202. The van der Waals surface area contributed by atoms with Crippen LogP contribution in [0.2, 0.25) is 0 Å². The topological polar surface area (TPSA) is 273 Å². The Hall–Kier alpha value is -5.44. The molecule has 0 saturated heterocycles. The SMILES string of the molecule is NC(=O)CC(N)C(=O)NC(CC(N)=O)C(=O)NC(Cc1c[nH]c2ccccc12)C(=O)NC(Cc1ccc(O)cc1)C(=O)O. The van der Waals surface area contributed by atoms with Gasteiger partial charge in [0.1, 0.15) is 23.9 Å². The predicted molar refractivity (Wildman–Crippen MR) is 153 cm³/mol. The molecule has 0 aliphatic carbocycles. The fourth-order valence-electron chi connectivity index (χ4n) is 4.34. The summed E-state index contributed by atoms with van der Waals surface area (Å²) >= 11 is 0. The number of benzene rings is 2. The lowest BCUT2D eigenvalue weighted by Crippen LogP contribution is -2.58. The Balaban J connectivity index is 1.87. The number of carboxylic acid groups (broad SMARTS) is 1. The van der Waals surface area contributed by atoms with Crippen LogP contribution < -0.4 is 33.2 Å². The largest absolute Gasteiger partial charge is 0.508 e. The number of phenols is 1. The summed E-state index contributed by atoms with van der Waals surface area (Å²) in [6, 6.07) is 7.15. The van der Waals surface area contributed by atoms with Gasteiger partial charge in [-0.05, 0) is 29.3 Å². The van der Waals surface area contributed by atoms with Crippen LogP contribution in [0.4, 0.5) is 0 Å². The molecule has 228 valence electrons. The van der Waals surface area contributed by atoms with Crippen molar-refractivity contribution >= 4 is 46.4 Å². The first-order chi connectivity index (χ1) is 20.3. The van der Waals surface area contributed by atoms with Crippen molar-refractivity contribution in [2.45, 2.75) is 49.9 Å². The number of phenolic OH excluding ortho intramolecular Hbond substituents is 1. The van der Waals surface area contributed by atoms with Crippen LogP contribution in [0.25, 0.3) is 10.9 Å². The highest BCUT2D eigenvalue weighted by Crippen LogP contribution is 2.19. The van der Waals surface area contributed by atoms with Gasteiger partial charge in [0.2, 0.25) is 29.5 Å². The minimum atomic E-state index is -1.57. The minimum absolute atomic E-state index is 0.0191. The number of carbonyl (C=O) groups excluding carboxylic acids is 5. The molecular formula is C28H33N7O8. The molecule has 0 aliphatic heterocycles. The summed E-state index contributed by atoms with van der Waals surface area (Å²) in [7, 11) is 0. The lowest BCUT2D eigenvalue weighted by atomic mass is 10.0. The third-order valence-corrected chi connectivity index (χ3v) is 6.52. The monoisotopic (exact) mass is 595 g/mol. The van der Waals surface area contributed by atoms with Gasteiger partial charge in [-0.15, -0.1) is 0 Å². The van der Waals surface area contributed by atoms with E-state index in [1.54, 1.807) is 30.5 Å². The number of aromatic nitrogens is 1. The number of aromatic hydroxyl groups is 1. The van der Waals surface area contributed by atoms with Crippen molar-refractivity contribution in [3.05, 3.63) is 65.9 Å². The molecule has 0 saturated carbocycles. The van der Waals surface area contributed by atoms with Crippen molar-refractivity contribution in [3.8, 4) is 5.75 Å². The van der Waals surface area contributed by atoms with Crippen LogP contribution in [0.15, 0.2) is 54.7 Å². The average molecular weight is 596 g/mol. The first-order valence-electron chi connectivity index (χ1n) is 13.1. The highest BCUT2D eigenvalue weighted by atomic mass is 16.4. The molecule has 5 amide bonds. The van der Waals surface area contributed by atoms with Crippen molar-refractivity contribution in [2.24, 2.45) is 17.2 Å². The normalized spacial score (nSPS) is 13.7. The van der Waals surface area contributed by atoms with E-state index in [-0.39, 0.29) is 18.6 Å². The summed E-state index contributed by atoms with van der Waals surface area (Å²) in [4.78, 5) is 77.2. The molecule has 1 heterocycles. The van der Waals surface area contributed by atoms with Gasteiger partial charge in [-0.2, -0.15) is 0 Å². The van der Waals surface area contributed by atoms with E-state index in [4.69, 9.17) is 17.2 Å². The number of fused-ring (bicyclic) bond motifs is 1. The van der Waals surface area contributed by atoms with Crippen LogP contribution in [0.1, 0.15) is 24.0 Å². The van der Waals surface area contributed by atoms with E-state index in [9.17, 15) is 39.0 Å². The van der Waals surface area contributed by atoms with E-state index in [2.05, 4.69) is 20.9 Å². The lowest BCUT2D eigenvalue weighted by molar-refractivity contribution is -0.142. The fourth-order valence-corrected chi connectivity index (χ4v) is 4.34. The molecule has 3 aromatic rings. The number of nitrogens with two attached hydrogens (primary N) is 3. The number of carboxylic acids is 1. The number of carbonyl (C=O) groups is 6. The molecule has 0 fully saturated rings. The Bertz CT molecular complexity index is 1500. The first-order valence-corrected chi connectivity index (χ1v) is 13.1. The number of H-pyrrole nitrogens is 1. The van der Waals surface area contributed by atoms with Crippen molar-refractivity contribution in [2.75, 3.05) is 0 Å². The summed E-state index contributed by atoms with van der Waals surface area (Å²) in [6.45, 7) is 0. The quantitative estimate of drug-likeness (QED) is 0.0964. The molecule has 43 heavy (non-hydrogen) atoms. The predicted octanol–water partition coefficient (Wildman–Crippen LogP) is -1.72. The molecule has 2 aromatic carbocycles. The molecule has 1 aromatic heterocycles. The number of amides is 5. The number of para-hydroxylation sites is 1. The lowest BCUT2D eigenvalue weighted by Gasteiger charge is -2.25.